The average Bonchev–Trinajstić information content (AvgIpc) is 3.12. The molecule has 0 aromatic heterocycles. The van der Waals surface area contributed by atoms with Gasteiger partial charge in [0.15, 0.2) is 0 Å². The molecule has 2 heterocycles. The predicted molar refractivity (Wildman–Crippen MR) is 106 cm³/mol. The number of hydrogen-bond acceptors (Lipinski definition) is 3. The Kier molecular flexibility index (Phi) is 5.23. The number of piperidine rings is 1. The highest BCUT2D eigenvalue weighted by Crippen LogP contribution is 2.44. The van der Waals surface area contributed by atoms with Gasteiger partial charge in [0.1, 0.15) is 11.4 Å². The first-order valence-corrected chi connectivity index (χ1v) is 9.57. The molecule has 152 valence electrons. The van der Waals surface area contributed by atoms with Gasteiger partial charge in [0.05, 0.1) is 12.6 Å². The van der Waals surface area contributed by atoms with Crippen molar-refractivity contribution >= 4 is 11.6 Å². The van der Waals surface area contributed by atoms with Gasteiger partial charge >= 0.3 is 6.36 Å². The summed E-state index contributed by atoms with van der Waals surface area (Å²) < 4.78 is 48.4. The zero-order valence-electron chi connectivity index (χ0n) is 15.8. The van der Waals surface area contributed by atoms with Crippen LogP contribution in [-0.4, -0.2) is 25.1 Å². The van der Waals surface area contributed by atoms with Gasteiger partial charge in [-0.05, 0) is 59.9 Å². The first-order valence-electron chi connectivity index (χ1n) is 9.57. The van der Waals surface area contributed by atoms with Crippen LogP contribution in [0.15, 0.2) is 61.2 Å². The minimum absolute atomic E-state index is 0.0169. The monoisotopic (exact) mass is 401 g/mol. The lowest BCUT2D eigenvalue weighted by Gasteiger charge is -2.40. The van der Waals surface area contributed by atoms with Crippen LogP contribution in [0.2, 0.25) is 0 Å². The Balaban J connectivity index is 1.72. The molecule has 0 aliphatic carbocycles. The van der Waals surface area contributed by atoms with Gasteiger partial charge in [0.25, 0.3) is 0 Å². The first kappa shape index (κ1) is 19.7. The van der Waals surface area contributed by atoms with Crippen molar-refractivity contribution in [3.63, 3.8) is 0 Å². The Morgan fingerprint density at radius 3 is 2.69 bits per heavy atom. The summed E-state index contributed by atoms with van der Waals surface area (Å²) in [4.78, 5) is 0. The molecule has 2 atom stereocenters. The highest BCUT2D eigenvalue weighted by molar-refractivity contribution is 5.77. The summed E-state index contributed by atoms with van der Waals surface area (Å²) >= 11 is 0. The molecule has 29 heavy (non-hydrogen) atoms. The second kappa shape index (κ2) is 7.69. The van der Waals surface area contributed by atoms with Crippen molar-refractivity contribution in [1.29, 1.82) is 0 Å². The van der Waals surface area contributed by atoms with E-state index in [1.54, 1.807) is 12.1 Å². The first-order chi connectivity index (χ1) is 13.9. The summed E-state index contributed by atoms with van der Waals surface area (Å²) in [6.45, 7) is 5.00. The number of alkyl halides is 3. The van der Waals surface area contributed by atoms with E-state index >= 15 is 0 Å². The smallest absolute Gasteiger partial charge is 0.406 e. The number of hydrogen-bond donors (Lipinski definition) is 1. The summed E-state index contributed by atoms with van der Waals surface area (Å²) in [6.07, 6.45) is 0.757. The van der Waals surface area contributed by atoms with Crippen LogP contribution in [0.3, 0.4) is 0 Å². The molecule has 1 fully saturated rings. The Bertz CT molecular complexity index is 923. The van der Waals surface area contributed by atoms with Gasteiger partial charge < -0.3 is 14.8 Å². The van der Waals surface area contributed by atoms with Crippen LogP contribution in [0.25, 0.3) is 11.6 Å². The molecule has 0 unspecified atom stereocenters. The molecule has 1 N–H and O–H groups in total. The van der Waals surface area contributed by atoms with Gasteiger partial charge in [-0.3, -0.25) is 0 Å². The van der Waals surface area contributed by atoms with E-state index in [9.17, 15) is 13.2 Å². The Hall–Kier alpha value is -2.57. The summed E-state index contributed by atoms with van der Waals surface area (Å²) in [6, 6.07) is 14.4. The molecule has 1 saturated heterocycles. The summed E-state index contributed by atoms with van der Waals surface area (Å²) in [5.41, 5.74) is 2.83. The second-order valence-corrected chi connectivity index (χ2v) is 7.32. The zero-order chi connectivity index (χ0) is 20.5. The minimum atomic E-state index is -4.74. The Morgan fingerprint density at radius 2 is 1.97 bits per heavy atom. The number of ether oxygens (including phenoxy) is 2. The molecular formula is C23H22F3NO2. The topological polar surface area (TPSA) is 30.5 Å². The third-order valence-corrected chi connectivity index (χ3v) is 5.45. The predicted octanol–water partition coefficient (Wildman–Crippen LogP) is 5.51. The molecule has 4 rings (SSSR count). The zero-order valence-corrected chi connectivity index (χ0v) is 15.8. The van der Waals surface area contributed by atoms with Crippen LogP contribution in [0.4, 0.5) is 13.2 Å². The molecule has 1 spiro atoms. The third-order valence-electron chi connectivity index (χ3n) is 5.45. The average molecular weight is 401 g/mol. The van der Waals surface area contributed by atoms with E-state index in [-0.39, 0.29) is 11.8 Å². The van der Waals surface area contributed by atoms with Gasteiger partial charge in [-0.25, -0.2) is 0 Å². The molecule has 0 bridgehead atoms. The standard InChI is InChI=1S/C23H22F3NO2/c1-2-16-9-10-19(29-23(24,25)26)13-20(16)18-14-22(28-15-18)11-6-12-27-21(22)17-7-4-3-5-8-17/h2-5,7-10,13-14,21,27H,1,6,11-12,15H2/t21-,22+/m0/s1. The van der Waals surface area contributed by atoms with E-state index in [0.29, 0.717) is 12.2 Å². The van der Waals surface area contributed by atoms with E-state index in [2.05, 4.69) is 34.8 Å². The summed E-state index contributed by atoms with van der Waals surface area (Å²) in [5, 5.41) is 3.55. The van der Waals surface area contributed by atoms with Crippen molar-refractivity contribution in [1.82, 2.24) is 5.32 Å². The molecule has 6 heteroatoms. The Morgan fingerprint density at radius 1 is 1.17 bits per heavy atom. The highest BCUT2D eigenvalue weighted by Gasteiger charge is 2.44. The second-order valence-electron chi connectivity index (χ2n) is 7.32. The summed E-state index contributed by atoms with van der Waals surface area (Å²) in [5.74, 6) is -0.249. The molecular weight excluding hydrogens is 379 g/mol. The van der Waals surface area contributed by atoms with Crippen LogP contribution in [0, 0.1) is 0 Å². The lowest BCUT2D eigenvalue weighted by Crippen LogP contribution is -2.47. The van der Waals surface area contributed by atoms with Crippen molar-refractivity contribution < 1.29 is 22.6 Å². The molecule has 2 aromatic carbocycles. The van der Waals surface area contributed by atoms with Crippen molar-refractivity contribution in [2.24, 2.45) is 0 Å². The van der Waals surface area contributed by atoms with Gasteiger partial charge in [0, 0.05) is 0 Å². The molecule has 2 aromatic rings. The maximum atomic E-state index is 12.7. The van der Waals surface area contributed by atoms with Crippen LogP contribution in [0.1, 0.15) is 35.6 Å². The van der Waals surface area contributed by atoms with E-state index in [1.165, 1.54) is 12.1 Å². The Labute approximate surface area is 167 Å². The number of rotatable bonds is 4. The van der Waals surface area contributed by atoms with Gasteiger partial charge in [0.2, 0.25) is 0 Å². The quantitative estimate of drug-likeness (QED) is 0.733. The molecule has 0 saturated carbocycles. The van der Waals surface area contributed by atoms with Crippen LogP contribution >= 0.6 is 0 Å². The van der Waals surface area contributed by atoms with Gasteiger partial charge in [-0.2, -0.15) is 0 Å². The van der Waals surface area contributed by atoms with Gasteiger partial charge in [-0.1, -0.05) is 49.1 Å². The molecule has 2 aliphatic rings. The van der Waals surface area contributed by atoms with Gasteiger partial charge in [-0.15, -0.1) is 13.2 Å². The van der Waals surface area contributed by atoms with Crippen LogP contribution < -0.4 is 10.1 Å². The SMILES string of the molecule is C=Cc1ccc(OC(F)(F)F)cc1C1=C[C@@]2(CCCN[C@H]2c2ccccc2)OC1. The fourth-order valence-electron chi connectivity index (χ4n) is 4.22. The van der Waals surface area contributed by atoms with Crippen molar-refractivity contribution in [3.05, 3.63) is 77.9 Å². The highest BCUT2D eigenvalue weighted by atomic mass is 19.4. The van der Waals surface area contributed by atoms with Crippen molar-refractivity contribution in [2.75, 3.05) is 13.2 Å². The lowest BCUT2D eigenvalue weighted by atomic mass is 9.81. The van der Waals surface area contributed by atoms with E-state index in [1.807, 2.05) is 18.2 Å². The maximum Gasteiger partial charge on any atom is 0.573 e. The number of benzene rings is 2. The normalized spacial score (nSPS) is 24.4. The number of nitrogens with one attached hydrogen (secondary N) is 1. The van der Waals surface area contributed by atoms with E-state index < -0.39 is 12.0 Å². The largest absolute Gasteiger partial charge is 0.573 e. The molecule has 0 amide bonds. The summed E-state index contributed by atoms with van der Waals surface area (Å²) in [7, 11) is 0. The molecule has 3 nitrogen and oxygen atoms in total. The van der Waals surface area contributed by atoms with Crippen LogP contribution in [-0.2, 0) is 4.74 Å². The fourth-order valence-corrected chi connectivity index (χ4v) is 4.22. The number of halogens is 3. The van der Waals surface area contributed by atoms with E-state index in [4.69, 9.17) is 4.74 Å². The van der Waals surface area contributed by atoms with Crippen molar-refractivity contribution in [3.8, 4) is 5.75 Å². The maximum absolute atomic E-state index is 12.7. The molecule has 2 aliphatic heterocycles. The van der Waals surface area contributed by atoms with E-state index in [0.717, 1.165) is 36.1 Å². The fraction of sp³-hybridized carbons (Fsp3) is 0.304. The third kappa shape index (κ3) is 4.09. The molecule has 0 radical (unpaired) electrons. The lowest BCUT2D eigenvalue weighted by molar-refractivity contribution is -0.274. The minimum Gasteiger partial charge on any atom is -0.406 e. The van der Waals surface area contributed by atoms with Crippen molar-refractivity contribution in [2.45, 2.75) is 30.8 Å². The van der Waals surface area contributed by atoms with Crippen LogP contribution in [0.5, 0.6) is 5.75 Å².